The second-order valence-electron chi connectivity index (χ2n) is 2.15. The molecule has 0 aromatic heterocycles. The number of carbonyl (C=O) groups excluding carboxylic acids is 1. The number of esters is 1. The van der Waals surface area contributed by atoms with Gasteiger partial charge in [-0.3, -0.25) is 4.79 Å². The number of ether oxygens (including phenoxy) is 1. The summed E-state index contributed by atoms with van der Waals surface area (Å²) in [5.74, 6) is 0.138. The van der Waals surface area contributed by atoms with Gasteiger partial charge in [0, 0.05) is 5.88 Å². The second-order valence-corrected chi connectivity index (χ2v) is 2.53. The molecule has 0 spiro atoms. The first-order valence-electron chi connectivity index (χ1n) is 3.46. The summed E-state index contributed by atoms with van der Waals surface area (Å²) in [5.41, 5.74) is 0. The van der Waals surface area contributed by atoms with Gasteiger partial charge >= 0.3 is 5.97 Å². The molecule has 1 unspecified atom stereocenters. The lowest BCUT2D eigenvalue weighted by Crippen LogP contribution is -2.13. The van der Waals surface area contributed by atoms with Gasteiger partial charge in [0.15, 0.2) is 0 Å². The summed E-state index contributed by atoms with van der Waals surface area (Å²) in [4.78, 5) is 10.7. The van der Waals surface area contributed by atoms with Gasteiger partial charge in [0.25, 0.3) is 0 Å². The van der Waals surface area contributed by atoms with E-state index in [1.54, 1.807) is 0 Å². The maximum Gasteiger partial charge on any atom is 0.307 e. The highest BCUT2D eigenvalue weighted by molar-refractivity contribution is 6.18. The highest BCUT2D eigenvalue weighted by atomic mass is 35.5. The van der Waals surface area contributed by atoms with Crippen LogP contribution in [0.3, 0.4) is 0 Å². The van der Waals surface area contributed by atoms with Crippen LogP contribution in [-0.2, 0) is 9.53 Å². The first kappa shape index (κ1) is 9.76. The molecule has 0 aliphatic carbocycles. The minimum Gasteiger partial charge on any atom is -0.463 e. The Balaban J connectivity index is 3.37. The summed E-state index contributed by atoms with van der Waals surface area (Å²) in [6, 6.07) is 0. The lowest BCUT2D eigenvalue weighted by atomic mass is 10.3. The number of carbonyl (C=O) groups is 1. The van der Waals surface area contributed by atoms with Crippen LogP contribution >= 0.6 is 11.6 Å². The summed E-state index contributed by atoms with van der Waals surface area (Å²) in [7, 11) is 0. The zero-order chi connectivity index (χ0) is 7.98. The van der Waals surface area contributed by atoms with Crippen molar-refractivity contribution in [1.82, 2.24) is 0 Å². The van der Waals surface area contributed by atoms with Crippen LogP contribution in [-0.4, -0.2) is 18.0 Å². The first-order valence-corrected chi connectivity index (χ1v) is 3.99. The molecule has 0 fully saturated rings. The lowest BCUT2D eigenvalue weighted by molar-refractivity contribution is -0.147. The second kappa shape index (κ2) is 5.54. The van der Waals surface area contributed by atoms with Gasteiger partial charge in [-0.1, -0.05) is 6.92 Å². The molecule has 0 N–H and O–H groups in total. The molecule has 0 bridgehead atoms. The molecule has 0 aromatic carbocycles. The van der Waals surface area contributed by atoms with Gasteiger partial charge in [-0.2, -0.15) is 0 Å². The summed E-state index contributed by atoms with van der Waals surface area (Å²) in [6.45, 7) is 3.84. The standard InChI is InChI=1S/C7H13ClO2/c1-3-6(2)10-7(9)4-5-8/h6H,3-5H2,1-2H3. The number of hydrogen-bond donors (Lipinski definition) is 0. The third-order valence-electron chi connectivity index (χ3n) is 1.21. The number of rotatable bonds is 4. The summed E-state index contributed by atoms with van der Waals surface area (Å²) in [5, 5.41) is 0. The van der Waals surface area contributed by atoms with E-state index in [0.29, 0.717) is 12.3 Å². The van der Waals surface area contributed by atoms with Gasteiger partial charge < -0.3 is 4.74 Å². The molecule has 1 atom stereocenters. The highest BCUT2D eigenvalue weighted by Crippen LogP contribution is 1.98. The van der Waals surface area contributed by atoms with Crippen LogP contribution in [0.4, 0.5) is 0 Å². The molecule has 0 heterocycles. The SMILES string of the molecule is CCC(C)OC(=O)CCCl. The van der Waals surface area contributed by atoms with Crippen molar-refractivity contribution in [2.75, 3.05) is 5.88 Å². The molecule has 0 amide bonds. The quantitative estimate of drug-likeness (QED) is 0.469. The monoisotopic (exact) mass is 164 g/mol. The van der Waals surface area contributed by atoms with E-state index in [4.69, 9.17) is 16.3 Å². The van der Waals surface area contributed by atoms with Crippen molar-refractivity contribution < 1.29 is 9.53 Å². The van der Waals surface area contributed by atoms with Gasteiger partial charge in [-0.15, -0.1) is 11.6 Å². The predicted molar refractivity (Wildman–Crippen MR) is 41.2 cm³/mol. The Kier molecular flexibility index (Phi) is 5.40. The molecule has 0 saturated heterocycles. The molecule has 0 saturated carbocycles. The summed E-state index contributed by atoms with van der Waals surface area (Å²) >= 11 is 5.32. The van der Waals surface area contributed by atoms with Crippen LogP contribution in [0.15, 0.2) is 0 Å². The third kappa shape index (κ3) is 4.62. The van der Waals surface area contributed by atoms with Crippen LogP contribution in [0, 0.1) is 0 Å². The fourth-order valence-corrected chi connectivity index (χ4v) is 0.598. The molecule has 3 heteroatoms. The van der Waals surface area contributed by atoms with Gasteiger partial charge in [-0.25, -0.2) is 0 Å². The Morgan fingerprint density at radius 2 is 2.30 bits per heavy atom. The molecule has 0 radical (unpaired) electrons. The Morgan fingerprint density at radius 1 is 1.70 bits per heavy atom. The zero-order valence-corrected chi connectivity index (χ0v) is 7.15. The fourth-order valence-electron chi connectivity index (χ4n) is 0.444. The molecule has 60 valence electrons. The van der Waals surface area contributed by atoms with Crippen LogP contribution in [0.2, 0.25) is 0 Å². The Hall–Kier alpha value is -0.240. The molecule has 0 rings (SSSR count). The van der Waals surface area contributed by atoms with Crippen molar-refractivity contribution in [2.24, 2.45) is 0 Å². The van der Waals surface area contributed by atoms with Gasteiger partial charge in [0.05, 0.1) is 12.5 Å². The van der Waals surface area contributed by atoms with Crippen LogP contribution in [0.5, 0.6) is 0 Å². The number of hydrogen-bond acceptors (Lipinski definition) is 2. The molecule has 0 aliphatic heterocycles. The molecular formula is C7H13ClO2. The fraction of sp³-hybridized carbons (Fsp3) is 0.857. The van der Waals surface area contributed by atoms with E-state index in [1.165, 1.54) is 0 Å². The van der Waals surface area contributed by atoms with Gasteiger partial charge in [0.1, 0.15) is 0 Å². The Labute approximate surface area is 66.5 Å². The Bertz CT molecular complexity index is 104. The minimum atomic E-state index is -0.204. The summed E-state index contributed by atoms with van der Waals surface area (Å²) < 4.78 is 4.92. The largest absolute Gasteiger partial charge is 0.463 e. The minimum absolute atomic E-state index is 0.0238. The number of alkyl halides is 1. The average Bonchev–Trinajstić information content (AvgIpc) is 1.88. The van der Waals surface area contributed by atoms with Crippen molar-refractivity contribution in [1.29, 1.82) is 0 Å². The van der Waals surface area contributed by atoms with Crippen molar-refractivity contribution in [3.63, 3.8) is 0 Å². The van der Waals surface area contributed by atoms with Crippen molar-refractivity contribution >= 4 is 17.6 Å². The normalized spacial score (nSPS) is 12.7. The van der Waals surface area contributed by atoms with E-state index >= 15 is 0 Å². The van der Waals surface area contributed by atoms with E-state index in [1.807, 2.05) is 13.8 Å². The zero-order valence-electron chi connectivity index (χ0n) is 6.39. The molecule has 2 nitrogen and oxygen atoms in total. The van der Waals surface area contributed by atoms with Gasteiger partial charge in [0.2, 0.25) is 0 Å². The van der Waals surface area contributed by atoms with E-state index in [-0.39, 0.29) is 12.1 Å². The molecule has 10 heavy (non-hydrogen) atoms. The van der Waals surface area contributed by atoms with Crippen LogP contribution in [0.1, 0.15) is 26.7 Å². The maximum atomic E-state index is 10.7. The van der Waals surface area contributed by atoms with E-state index in [9.17, 15) is 4.79 Å². The topological polar surface area (TPSA) is 26.3 Å². The Morgan fingerprint density at radius 3 is 2.70 bits per heavy atom. The van der Waals surface area contributed by atoms with Crippen molar-refractivity contribution in [3.05, 3.63) is 0 Å². The molecule has 0 aromatic rings. The smallest absolute Gasteiger partial charge is 0.307 e. The average molecular weight is 165 g/mol. The van der Waals surface area contributed by atoms with Crippen molar-refractivity contribution in [2.45, 2.75) is 32.8 Å². The predicted octanol–water partition coefficient (Wildman–Crippen LogP) is 1.96. The highest BCUT2D eigenvalue weighted by Gasteiger charge is 2.05. The first-order chi connectivity index (χ1) is 4.70. The molecular weight excluding hydrogens is 152 g/mol. The van der Waals surface area contributed by atoms with E-state index < -0.39 is 0 Å². The number of halogens is 1. The molecule has 0 aliphatic rings. The van der Waals surface area contributed by atoms with Gasteiger partial charge in [-0.05, 0) is 13.3 Å². The van der Waals surface area contributed by atoms with E-state index in [0.717, 1.165) is 6.42 Å². The lowest BCUT2D eigenvalue weighted by Gasteiger charge is -2.08. The summed E-state index contributed by atoms with van der Waals surface area (Å²) in [6.07, 6.45) is 1.19. The maximum absolute atomic E-state index is 10.7. The van der Waals surface area contributed by atoms with Crippen molar-refractivity contribution in [3.8, 4) is 0 Å². The van der Waals surface area contributed by atoms with E-state index in [2.05, 4.69) is 0 Å². The van der Waals surface area contributed by atoms with Crippen LogP contribution in [0.25, 0.3) is 0 Å². The third-order valence-corrected chi connectivity index (χ3v) is 1.40. The van der Waals surface area contributed by atoms with Crippen LogP contribution < -0.4 is 0 Å².